The Balaban J connectivity index is 3.62. The van der Waals surface area contributed by atoms with E-state index in [1.165, 1.54) is 0 Å². The van der Waals surface area contributed by atoms with Gasteiger partial charge in [0.15, 0.2) is 0 Å². The summed E-state index contributed by atoms with van der Waals surface area (Å²) in [6.07, 6.45) is 0.276. The van der Waals surface area contributed by atoms with Crippen LogP contribution in [0.1, 0.15) is 34.6 Å². The zero-order valence-corrected chi connectivity index (χ0v) is 11.1. The number of hydrogen-bond donors (Lipinski definition) is 1. The molecule has 0 heterocycles. The second-order valence-corrected chi connectivity index (χ2v) is 5.17. The van der Waals surface area contributed by atoms with Crippen molar-refractivity contribution in [2.24, 2.45) is 5.92 Å². The van der Waals surface area contributed by atoms with Crippen molar-refractivity contribution in [1.82, 2.24) is 5.32 Å². The predicted octanol–water partition coefficient (Wildman–Crippen LogP) is 2.06. The maximum Gasteiger partial charge on any atom is 0.0723 e. The van der Waals surface area contributed by atoms with Gasteiger partial charge in [-0.15, -0.1) is 0 Å². The molecule has 0 spiro atoms. The fourth-order valence-electron chi connectivity index (χ4n) is 1.24. The fraction of sp³-hybridized carbons (Fsp3) is 1.00. The third-order valence-electron chi connectivity index (χ3n) is 2.10. The summed E-state index contributed by atoms with van der Waals surface area (Å²) in [5, 5.41) is 3.14. The first-order chi connectivity index (χ1) is 6.87. The molecule has 0 fully saturated rings. The quantitative estimate of drug-likeness (QED) is 0.662. The van der Waals surface area contributed by atoms with Crippen LogP contribution in [0.4, 0.5) is 0 Å². The second kappa shape index (κ2) is 7.20. The van der Waals surface area contributed by atoms with Crippen LogP contribution in [0.25, 0.3) is 0 Å². The molecule has 0 aromatic rings. The molecule has 92 valence electrons. The first-order valence-corrected chi connectivity index (χ1v) is 5.77. The van der Waals surface area contributed by atoms with E-state index in [4.69, 9.17) is 9.47 Å². The standard InChI is InChI=1S/C12H27NO2/c1-10(2)11(9-13-6)14-7-8-15-12(3,4)5/h10-11,13H,7-9H2,1-6H3. The molecule has 0 aromatic carbocycles. The number of ether oxygens (including phenoxy) is 2. The summed E-state index contributed by atoms with van der Waals surface area (Å²) in [5.41, 5.74) is -0.0697. The van der Waals surface area contributed by atoms with Crippen molar-refractivity contribution in [2.45, 2.75) is 46.3 Å². The van der Waals surface area contributed by atoms with Crippen LogP contribution in [-0.4, -0.2) is 38.5 Å². The van der Waals surface area contributed by atoms with E-state index >= 15 is 0 Å². The molecular weight excluding hydrogens is 190 g/mol. The highest BCUT2D eigenvalue weighted by atomic mass is 16.5. The molecule has 0 saturated carbocycles. The molecule has 0 aliphatic carbocycles. The predicted molar refractivity (Wildman–Crippen MR) is 64.2 cm³/mol. The van der Waals surface area contributed by atoms with Crippen molar-refractivity contribution in [3.05, 3.63) is 0 Å². The highest BCUT2D eigenvalue weighted by Crippen LogP contribution is 2.08. The molecule has 0 saturated heterocycles. The van der Waals surface area contributed by atoms with E-state index in [0.717, 1.165) is 6.54 Å². The minimum atomic E-state index is -0.0697. The number of rotatable bonds is 7. The lowest BCUT2D eigenvalue weighted by molar-refractivity contribution is -0.0591. The Morgan fingerprint density at radius 2 is 1.73 bits per heavy atom. The van der Waals surface area contributed by atoms with Crippen molar-refractivity contribution < 1.29 is 9.47 Å². The molecule has 1 N–H and O–H groups in total. The number of hydrogen-bond acceptors (Lipinski definition) is 3. The largest absolute Gasteiger partial charge is 0.374 e. The normalized spacial score (nSPS) is 14.6. The van der Waals surface area contributed by atoms with Crippen molar-refractivity contribution in [3.8, 4) is 0 Å². The van der Waals surface area contributed by atoms with Gasteiger partial charge in [-0.25, -0.2) is 0 Å². The van der Waals surface area contributed by atoms with Crippen LogP contribution in [0.2, 0.25) is 0 Å². The molecule has 0 aliphatic rings. The van der Waals surface area contributed by atoms with Gasteiger partial charge in [-0.3, -0.25) is 0 Å². The maximum atomic E-state index is 5.75. The van der Waals surface area contributed by atoms with E-state index in [-0.39, 0.29) is 11.7 Å². The molecule has 0 rings (SSSR count). The zero-order chi connectivity index (χ0) is 11.9. The summed E-state index contributed by atoms with van der Waals surface area (Å²) in [6.45, 7) is 12.7. The topological polar surface area (TPSA) is 30.5 Å². The smallest absolute Gasteiger partial charge is 0.0723 e. The molecule has 0 aromatic heterocycles. The second-order valence-electron chi connectivity index (χ2n) is 5.17. The Morgan fingerprint density at radius 3 is 2.13 bits per heavy atom. The van der Waals surface area contributed by atoms with Crippen LogP contribution >= 0.6 is 0 Å². The monoisotopic (exact) mass is 217 g/mol. The fourth-order valence-corrected chi connectivity index (χ4v) is 1.24. The summed E-state index contributed by atoms with van der Waals surface area (Å²) in [5.74, 6) is 0.534. The zero-order valence-electron chi connectivity index (χ0n) is 11.1. The Labute approximate surface area is 94.5 Å². The van der Waals surface area contributed by atoms with E-state index in [1.807, 2.05) is 7.05 Å². The van der Waals surface area contributed by atoms with Gasteiger partial charge in [0, 0.05) is 6.54 Å². The third-order valence-corrected chi connectivity index (χ3v) is 2.10. The van der Waals surface area contributed by atoms with Crippen LogP contribution in [0.5, 0.6) is 0 Å². The summed E-state index contributed by atoms with van der Waals surface area (Å²) in [4.78, 5) is 0. The van der Waals surface area contributed by atoms with E-state index in [0.29, 0.717) is 19.1 Å². The van der Waals surface area contributed by atoms with Gasteiger partial charge >= 0.3 is 0 Å². The summed E-state index contributed by atoms with van der Waals surface area (Å²) in [6, 6.07) is 0. The lowest BCUT2D eigenvalue weighted by atomic mass is 10.1. The minimum absolute atomic E-state index is 0.0697. The molecule has 0 aliphatic heterocycles. The van der Waals surface area contributed by atoms with Crippen LogP contribution in [0, 0.1) is 5.92 Å². The van der Waals surface area contributed by atoms with Gasteiger partial charge in [0.1, 0.15) is 0 Å². The highest BCUT2D eigenvalue weighted by Gasteiger charge is 2.14. The Bertz CT molecular complexity index is 152. The van der Waals surface area contributed by atoms with Gasteiger partial charge in [-0.05, 0) is 33.7 Å². The molecule has 1 atom stereocenters. The average Bonchev–Trinajstić information content (AvgIpc) is 2.08. The first kappa shape index (κ1) is 14.9. The molecule has 3 heteroatoms. The van der Waals surface area contributed by atoms with Crippen LogP contribution in [0.15, 0.2) is 0 Å². The Hall–Kier alpha value is -0.120. The third kappa shape index (κ3) is 8.85. The van der Waals surface area contributed by atoms with Crippen LogP contribution in [0.3, 0.4) is 0 Å². The van der Waals surface area contributed by atoms with E-state index in [1.54, 1.807) is 0 Å². The molecule has 0 radical (unpaired) electrons. The van der Waals surface area contributed by atoms with E-state index in [9.17, 15) is 0 Å². The first-order valence-electron chi connectivity index (χ1n) is 5.77. The van der Waals surface area contributed by atoms with Gasteiger partial charge in [0.25, 0.3) is 0 Å². The maximum absolute atomic E-state index is 5.75. The summed E-state index contributed by atoms with van der Waals surface area (Å²) in [7, 11) is 1.95. The number of nitrogens with one attached hydrogen (secondary N) is 1. The molecule has 3 nitrogen and oxygen atoms in total. The SMILES string of the molecule is CNCC(OCCOC(C)(C)C)C(C)C. The van der Waals surface area contributed by atoms with Crippen molar-refractivity contribution >= 4 is 0 Å². The van der Waals surface area contributed by atoms with Crippen molar-refractivity contribution in [2.75, 3.05) is 26.8 Å². The summed E-state index contributed by atoms with van der Waals surface area (Å²) < 4.78 is 11.3. The average molecular weight is 217 g/mol. The van der Waals surface area contributed by atoms with Gasteiger partial charge in [0.05, 0.1) is 24.9 Å². The van der Waals surface area contributed by atoms with Gasteiger partial charge in [-0.2, -0.15) is 0 Å². The molecule has 15 heavy (non-hydrogen) atoms. The molecular formula is C12H27NO2. The van der Waals surface area contributed by atoms with E-state index < -0.39 is 0 Å². The van der Waals surface area contributed by atoms with Crippen molar-refractivity contribution in [3.63, 3.8) is 0 Å². The van der Waals surface area contributed by atoms with Crippen LogP contribution < -0.4 is 5.32 Å². The van der Waals surface area contributed by atoms with Gasteiger partial charge in [-0.1, -0.05) is 13.8 Å². The molecule has 0 bridgehead atoms. The van der Waals surface area contributed by atoms with Crippen molar-refractivity contribution in [1.29, 1.82) is 0 Å². The lowest BCUT2D eigenvalue weighted by Crippen LogP contribution is -2.33. The molecule has 1 unspecified atom stereocenters. The van der Waals surface area contributed by atoms with Gasteiger partial charge < -0.3 is 14.8 Å². The molecule has 0 amide bonds. The van der Waals surface area contributed by atoms with Crippen LogP contribution in [-0.2, 0) is 9.47 Å². The van der Waals surface area contributed by atoms with Gasteiger partial charge in [0.2, 0.25) is 0 Å². The number of likely N-dealkylation sites (N-methyl/N-ethyl adjacent to an activating group) is 1. The lowest BCUT2D eigenvalue weighted by Gasteiger charge is -2.23. The minimum Gasteiger partial charge on any atom is -0.374 e. The highest BCUT2D eigenvalue weighted by molar-refractivity contribution is 4.64. The Kier molecular flexibility index (Phi) is 7.14. The summed E-state index contributed by atoms with van der Waals surface area (Å²) >= 11 is 0. The Morgan fingerprint density at radius 1 is 1.13 bits per heavy atom. The van der Waals surface area contributed by atoms with E-state index in [2.05, 4.69) is 39.9 Å².